The van der Waals surface area contributed by atoms with Gasteiger partial charge in [-0.3, -0.25) is 9.69 Å². The van der Waals surface area contributed by atoms with Crippen LogP contribution < -0.4 is 5.32 Å². The lowest BCUT2D eigenvalue weighted by atomic mass is 10.1. The summed E-state index contributed by atoms with van der Waals surface area (Å²) < 4.78 is 5.17. The van der Waals surface area contributed by atoms with Crippen molar-refractivity contribution in [2.75, 3.05) is 31.6 Å². The second-order valence-electron chi connectivity index (χ2n) is 5.60. The Balaban J connectivity index is 2.14. The second kappa shape index (κ2) is 8.80. The van der Waals surface area contributed by atoms with Crippen molar-refractivity contribution in [3.8, 4) is 0 Å². The molecule has 24 heavy (non-hydrogen) atoms. The number of amides is 1. The van der Waals surface area contributed by atoms with Gasteiger partial charge < -0.3 is 10.1 Å². The van der Waals surface area contributed by atoms with Crippen molar-refractivity contribution in [3.63, 3.8) is 0 Å². The lowest BCUT2D eigenvalue weighted by Gasteiger charge is -2.18. The van der Waals surface area contributed by atoms with Gasteiger partial charge in [0.15, 0.2) is 0 Å². The van der Waals surface area contributed by atoms with Crippen molar-refractivity contribution in [1.82, 2.24) is 4.90 Å². The number of aryl methyl sites for hydroxylation is 1. The van der Waals surface area contributed by atoms with Gasteiger partial charge in [-0.25, -0.2) is 4.79 Å². The number of hydrogen-bond donors (Lipinski definition) is 1. The summed E-state index contributed by atoms with van der Waals surface area (Å²) in [6, 6.07) is 0. The highest BCUT2D eigenvalue weighted by Gasteiger charge is 2.28. The van der Waals surface area contributed by atoms with Crippen LogP contribution in [0.4, 0.5) is 5.00 Å². The highest BCUT2D eigenvalue weighted by molar-refractivity contribution is 7.17. The molecule has 0 spiro atoms. The first-order valence-corrected chi connectivity index (χ1v) is 8.98. The van der Waals surface area contributed by atoms with Crippen molar-refractivity contribution in [1.29, 1.82) is 0 Å². The number of rotatable bonds is 9. The maximum Gasteiger partial charge on any atom is 0.341 e. The standard InChI is InChI=1S/C18H24N2O3S/c1-4-10-20(11-5-2)12-15(21)19-17-16(18(22)23-6-3)13-8-7-9-14(13)24-17/h4-5H,1-2,6-12H2,3H3,(H,19,21). The number of thiophene rings is 1. The second-order valence-corrected chi connectivity index (χ2v) is 6.71. The molecule has 0 aromatic carbocycles. The van der Waals surface area contributed by atoms with E-state index in [0.29, 0.717) is 30.3 Å². The summed E-state index contributed by atoms with van der Waals surface area (Å²) in [6.07, 6.45) is 6.38. The Morgan fingerprint density at radius 2 is 2.00 bits per heavy atom. The molecular formula is C18H24N2O3S. The van der Waals surface area contributed by atoms with Crippen LogP contribution in [0.25, 0.3) is 0 Å². The fraction of sp³-hybridized carbons (Fsp3) is 0.444. The van der Waals surface area contributed by atoms with Gasteiger partial charge in [0.1, 0.15) is 5.00 Å². The first-order chi connectivity index (χ1) is 11.6. The van der Waals surface area contributed by atoms with Crippen LogP contribution in [0.15, 0.2) is 25.3 Å². The van der Waals surface area contributed by atoms with Gasteiger partial charge in [-0.1, -0.05) is 12.2 Å². The lowest BCUT2D eigenvalue weighted by molar-refractivity contribution is -0.117. The predicted octanol–water partition coefficient (Wildman–Crippen LogP) is 3.03. The molecule has 0 unspecified atom stereocenters. The Hall–Kier alpha value is -1.92. The van der Waals surface area contributed by atoms with E-state index in [1.807, 2.05) is 4.90 Å². The summed E-state index contributed by atoms with van der Waals surface area (Å²) in [5.41, 5.74) is 1.59. The van der Waals surface area contributed by atoms with Crippen molar-refractivity contribution in [3.05, 3.63) is 41.3 Å². The summed E-state index contributed by atoms with van der Waals surface area (Å²) in [5.74, 6) is -0.495. The fourth-order valence-corrected chi connectivity index (χ4v) is 4.14. The number of nitrogens with zero attached hydrogens (tertiary/aromatic N) is 1. The van der Waals surface area contributed by atoms with Gasteiger partial charge in [-0.2, -0.15) is 0 Å². The van der Waals surface area contributed by atoms with Gasteiger partial charge in [-0.05, 0) is 31.7 Å². The van der Waals surface area contributed by atoms with E-state index in [-0.39, 0.29) is 18.4 Å². The van der Waals surface area contributed by atoms with Crippen LogP contribution in [-0.2, 0) is 22.4 Å². The molecule has 1 aromatic rings. The predicted molar refractivity (Wildman–Crippen MR) is 97.8 cm³/mol. The van der Waals surface area contributed by atoms with Gasteiger partial charge in [-0.15, -0.1) is 24.5 Å². The van der Waals surface area contributed by atoms with Crippen LogP contribution in [0.1, 0.15) is 34.1 Å². The number of hydrogen-bond acceptors (Lipinski definition) is 5. The monoisotopic (exact) mass is 348 g/mol. The molecule has 1 N–H and O–H groups in total. The molecule has 1 aliphatic carbocycles. The van der Waals surface area contributed by atoms with Crippen molar-refractivity contribution in [2.24, 2.45) is 0 Å². The lowest BCUT2D eigenvalue weighted by Crippen LogP contribution is -2.33. The molecule has 0 aliphatic heterocycles. The maximum atomic E-state index is 12.4. The molecular weight excluding hydrogens is 324 g/mol. The van der Waals surface area contributed by atoms with Gasteiger partial charge in [0.05, 0.1) is 18.7 Å². The number of esters is 1. The summed E-state index contributed by atoms with van der Waals surface area (Å²) in [7, 11) is 0. The number of carbonyl (C=O) groups is 2. The summed E-state index contributed by atoms with van der Waals surface area (Å²) in [5, 5.41) is 3.51. The number of anilines is 1. The largest absolute Gasteiger partial charge is 0.462 e. The number of carbonyl (C=O) groups excluding carboxylic acids is 2. The van der Waals surface area contributed by atoms with Crippen LogP contribution in [0.5, 0.6) is 0 Å². The molecule has 0 atom stereocenters. The minimum atomic E-state index is -0.346. The van der Waals surface area contributed by atoms with E-state index in [4.69, 9.17) is 4.74 Å². The molecule has 5 nitrogen and oxygen atoms in total. The van der Waals surface area contributed by atoms with E-state index in [1.54, 1.807) is 19.1 Å². The average molecular weight is 348 g/mol. The van der Waals surface area contributed by atoms with Gasteiger partial charge in [0.2, 0.25) is 5.91 Å². The Kier molecular flexibility index (Phi) is 6.75. The summed E-state index contributed by atoms with van der Waals surface area (Å²) >= 11 is 1.49. The van der Waals surface area contributed by atoms with Crippen LogP contribution in [0.3, 0.4) is 0 Å². The Morgan fingerprint density at radius 1 is 1.29 bits per heavy atom. The van der Waals surface area contributed by atoms with Crippen molar-refractivity contribution < 1.29 is 14.3 Å². The van der Waals surface area contributed by atoms with Gasteiger partial charge >= 0.3 is 5.97 Å². The number of fused-ring (bicyclic) bond motifs is 1. The smallest absolute Gasteiger partial charge is 0.341 e. The molecule has 1 aromatic heterocycles. The average Bonchev–Trinajstić information content (AvgIpc) is 3.08. The Morgan fingerprint density at radius 3 is 2.62 bits per heavy atom. The Bertz CT molecular complexity index is 626. The third-order valence-corrected chi connectivity index (χ3v) is 5.00. The van der Waals surface area contributed by atoms with E-state index < -0.39 is 0 Å². The fourth-order valence-electron chi connectivity index (χ4n) is 2.85. The van der Waals surface area contributed by atoms with E-state index in [2.05, 4.69) is 18.5 Å². The normalized spacial score (nSPS) is 12.8. The van der Waals surface area contributed by atoms with Crippen LogP contribution in [-0.4, -0.2) is 43.0 Å². The van der Waals surface area contributed by atoms with Crippen LogP contribution >= 0.6 is 11.3 Å². The van der Waals surface area contributed by atoms with Crippen molar-refractivity contribution in [2.45, 2.75) is 26.2 Å². The molecule has 1 amide bonds. The third kappa shape index (κ3) is 4.33. The van der Waals surface area contributed by atoms with E-state index >= 15 is 0 Å². The molecule has 0 bridgehead atoms. The molecule has 1 heterocycles. The van der Waals surface area contributed by atoms with Gasteiger partial charge in [0, 0.05) is 18.0 Å². The zero-order chi connectivity index (χ0) is 17.5. The molecule has 1 aliphatic rings. The molecule has 0 saturated heterocycles. The quantitative estimate of drug-likeness (QED) is 0.550. The number of ether oxygens (including phenoxy) is 1. The number of nitrogens with one attached hydrogen (secondary N) is 1. The molecule has 130 valence electrons. The van der Waals surface area contributed by atoms with E-state index in [0.717, 1.165) is 24.8 Å². The maximum absolute atomic E-state index is 12.4. The van der Waals surface area contributed by atoms with Gasteiger partial charge in [0.25, 0.3) is 0 Å². The summed E-state index contributed by atoms with van der Waals surface area (Å²) in [6.45, 7) is 10.9. The first-order valence-electron chi connectivity index (χ1n) is 8.16. The van der Waals surface area contributed by atoms with E-state index in [9.17, 15) is 9.59 Å². The molecule has 0 saturated carbocycles. The first kappa shape index (κ1) is 18.4. The minimum absolute atomic E-state index is 0.149. The zero-order valence-electron chi connectivity index (χ0n) is 14.1. The minimum Gasteiger partial charge on any atom is -0.462 e. The highest BCUT2D eigenvalue weighted by atomic mass is 32.1. The topological polar surface area (TPSA) is 58.6 Å². The Labute approximate surface area is 147 Å². The van der Waals surface area contributed by atoms with Crippen LogP contribution in [0, 0.1) is 0 Å². The SMILES string of the molecule is C=CCN(CC=C)CC(=O)Nc1sc2c(c1C(=O)OCC)CCC2. The van der Waals surface area contributed by atoms with Crippen molar-refractivity contribution >= 4 is 28.2 Å². The molecule has 6 heteroatoms. The van der Waals surface area contributed by atoms with E-state index in [1.165, 1.54) is 16.2 Å². The highest BCUT2D eigenvalue weighted by Crippen LogP contribution is 2.39. The summed E-state index contributed by atoms with van der Waals surface area (Å²) in [4.78, 5) is 27.8. The van der Waals surface area contributed by atoms with Crippen LogP contribution in [0.2, 0.25) is 0 Å². The molecule has 0 fully saturated rings. The molecule has 2 rings (SSSR count). The zero-order valence-corrected chi connectivity index (χ0v) is 14.9. The molecule has 0 radical (unpaired) electrons. The third-order valence-electron chi connectivity index (χ3n) is 3.80.